The van der Waals surface area contributed by atoms with Gasteiger partial charge in [-0.3, -0.25) is 10.00 Å². The maximum Gasteiger partial charge on any atom is 0.0522 e. The highest BCUT2D eigenvalue weighted by Gasteiger charge is 2.24. The van der Waals surface area contributed by atoms with Crippen molar-refractivity contribution in [2.24, 2.45) is 0 Å². The number of benzene rings is 1. The monoisotopic (exact) mass is 297 g/mol. The minimum Gasteiger partial charge on any atom is -0.298 e. The molecule has 2 aromatic rings. The molecule has 2 heterocycles. The van der Waals surface area contributed by atoms with E-state index in [1.165, 1.54) is 47.3 Å². The number of hydrogen-bond acceptors (Lipinski definition) is 2. The van der Waals surface area contributed by atoms with Crippen molar-refractivity contribution in [3.05, 3.63) is 52.3 Å². The van der Waals surface area contributed by atoms with E-state index in [9.17, 15) is 0 Å². The van der Waals surface area contributed by atoms with Gasteiger partial charge in [-0.2, -0.15) is 5.10 Å². The Bertz CT molecular complexity index is 629. The van der Waals surface area contributed by atoms with E-state index >= 15 is 0 Å². The molecule has 1 fully saturated rings. The first kappa shape index (κ1) is 15.3. The Labute approximate surface area is 133 Å². The van der Waals surface area contributed by atoms with Crippen LogP contribution in [0.4, 0.5) is 0 Å². The van der Waals surface area contributed by atoms with Crippen LogP contribution in [0.5, 0.6) is 0 Å². The summed E-state index contributed by atoms with van der Waals surface area (Å²) in [5.74, 6) is 0.608. The number of nitrogens with one attached hydrogen (secondary N) is 1. The van der Waals surface area contributed by atoms with Crippen LogP contribution >= 0.6 is 0 Å². The fraction of sp³-hybridized carbons (Fsp3) is 0.526. The third kappa shape index (κ3) is 3.25. The molecule has 1 N–H and O–H groups in total. The third-order valence-corrected chi connectivity index (χ3v) is 4.94. The van der Waals surface area contributed by atoms with Crippen molar-refractivity contribution < 1.29 is 0 Å². The Morgan fingerprint density at radius 1 is 1.27 bits per heavy atom. The predicted octanol–water partition coefficient (Wildman–Crippen LogP) is 3.97. The molecule has 0 amide bonds. The third-order valence-electron chi connectivity index (χ3n) is 4.94. The summed E-state index contributed by atoms with van der Waals surface area (Å²) in [6, 6.07) is 6.82. The lowest BCUT2D eigenvalue weighted by molar-refractivity contribution is 0.198. The molecule has 1 unspecified atom stereocenters. The fourth-order valence-corrected chi connectivity index (χ4v) is 3.66. The summed E-state index contributed by atoms with van der Waals surface area (Å²) >= 11 is 0. The van der Waals surface area contributed by atoms with Gasteiger partial charge >= 0.3 is 0 Å². The molecule has 118 valence electrons. The molecule has 1 aliphatic heterocycles. The van der Waals surface area contributed by atoms with Gasteiger partial charge in [-0.25, -0.2) is 0 Å². The van der Waals surface area contributed by atoms with E-state index in [-0.39, 0.29) is 0 Å². The lowest BCUT2D eigenvalue weighted by Gasteiger charge is -2.33. The minimum absolute atomic E-state index is 0.608. The van der Waals surface area contributed by atoms with Gasteiger partial charge < -0.3 is 0 Å². The molecule has 0 aliphatic carbocycles. The normalized spacial score (nSPS) is 19.5. The number of likely N-dealkylation sites (tertiary alicyclic amines) is 1. The molecule has 1 aromatic heterocycles. The predicted molar refractivity (Wildman–Crippen MR) is 91.1 cm³/mol. The first-order valence-corrected chi connectivity index (χ1v) is 8.48. The average molecular weight is 297 g/mol. The van der Waals surface area contributed by atoms with Gasteiger partial charge in [0.2, 0.25) is 0 Å². The zero-order chi connectivity index (χ0) is 15.5. The molecule has 0 bridgehead atoms. The lowest BCUT2D eigenvalue weighted by Crippen LogP contribution is -2.34. The van der Waals surface area contributed by atoms with E-state index in [0.717, 1.165) is 19.5 Å². The van der Waals surface area contributed by atoms with Gasteiger partial charge in [-0.1, -0.05) is 30.7 Å². The standard InChI is InChI=1S/C19H27N3/c1-4-16-11-20-21-19(16)18-6-5-9-22(13-18)12-17-8-7-14(2)10-15(17)3/h7-8,10-11,18H,4-6,9,12-13H2,1-3H3,(H,20,21). The molecule has 1 aromatic carbocycles. The number of hydrogen-bond donors (Lipinski definition) is 1. The van der Waals surface area contributed by atoms with Crippen molar-refractivity contribution in [3.8, 4) is 0 Å². The van der Waals surface area contributed by atoms with Crippen molar-refractivity contribution in [3.63, 3.8) is 0 Å². The van der Waals surface area contributed by atoms with Crippen molar-refractivity contribution in [1.29, 1.82) is 0 Å². The maximum absolute atomic E-state index is 4.26. The van der Waals surface area contributed by atoms with E-state index < -0.39 is 0 Å². The van der Waals surface area contributed by atoms with Crippen LogP contribution in [0.25, 0.3) is 0 Å². The largest absolute Gasteiger partial charge is 0.298 e. The molecule has 3 rings (SSSR count). The number of nitrogens with zero attached hydrogens (tertiary/aromatic N) is 2. The molecule has 0 saturated carbocycles. The van der Waals surface area contributed by atoms with Crippen LogP contribution in [0.1, 0.15) is 53.6 Å². The minimum atomic E-state index is 0.608. The van der Waals surface area contributed by atoms with E-state index in [4.69, 9.17) is 0 Å². The molecule has 3 heteroatoms. The Morgan fingerprint density at radius 2 is 2.14 bits per heavy atom. The molecule has 0 spiro atoms. The van der Waals surface area contributed by atoms with Crippen LogP contribution < -0.4 is 0 Å². The summed E-state index contributed by atoms with van der Waals surface area (Å²) in [5.41, 5.74) is 6.98. The van der Waals surface area contributed by atoms with Crippen molar-refractivity contribution in [1.82, 2.24) is 15.1 Å². The van der Waals surface area contributed by atoms with Gasteiger partial charge in [0.15, 0.2) is 0 Å². The van der Waals surface area contributed by atoms with Crippen LogP contribution in [0.2, 0.25) is 0 Å². The SMILES string of the molecule is CCc1cn[nH]c1C1CCCN(Cc2ccc(C)cc2C)C1. The summed E-state index contributed by atoms with van der Waals surface area (Å²) in [5, 5.41) is 7.51. The summed E-state index contributed by atoms with van der Waals surface area (Å²) in [6.45, 7) is 10.0. The van der Waals surface area contributed by atoms with Gasteiger partial charge in [0, 0.05) is 24.7 Å². The highest BCUT2D eigenvalue weighted by atomic mass is 15.1. The molecular weight excluding hydrogens is 270 g/mol. The van der Waals surface area contributed by atoms with Gasteiger partial charge in [-0.05, 0) is 56.3 Å². The van der Waals surface area contributed by atoms with Gasteiger partial charge in [0.25, 0.3) is 0 Å². The van der Waals surface area contributed by atoms with Crippen molar-refractivity contribution in [2.75, 3.05) is 13.1 Å². The number of H-pyrrole nitrogens is 1. The first-order chi connectivity index (χ1) is 10.7. The Morgan fingerprint density at radius 3 is 2.91 bits per heavy atom. The summed E-state index contributed by atoms with van der Waals surface area (Å²) in [4.78, 5) is 2.60. The number of aromatic nitrogens is 2. The highest BCUT2D eigenvalue weighted by molar-refractivity contribution is 5.30. The maximum atomic E-state index is 4.26. The summed E-state index contributed by atoms with van der Waals surface area (Å²) in [7, 11) is 0. The quantitative estimate of drug-likeness (QED) is 0.926. The Kier molecular flexibility index (Phi) is 4.63. The van der Waals surface area contributed by atoms with Gasteiger partial charge in [-0.15, -0.1) is 0 Å². The van der Waals surface area contributed by atoms with Gasteiger partial charge in [0.1, 0.15) is 0 Å². The molecular formula is C19H27N3. The second kappa shape index (κ2) is 6.66. The van der Waals surface area contributed by atoms with E-state index in [2.05, 4.69) is 54.1 Å². The molecule has 0 radical (unpaired) electrons. The zero-order valence-corrected chi connectivity index (χ0v) is 14.0. The van der Waals surface area contributed by atoms with Crippen LogP contribution in [-0.2, 0) is 13.0 Å². The topological polar surface area (TPSA) is 31.9 Å². The zero-order valence-electron chi connectivity index (χ0n) is 14.0. The van der Waals surface area contributed by atoms with Crippen molar-refractivity contribution >= 4 is 0 Å². The number of rotatable bonds is 4. The van der Waals surface area contributed by atoms with Crippen LogP contribution in [0.15, 0.2) is 24.4 Å². The first-order valence-electron chi connectivity index (χ1n) is 8.48. The molecule has 22 heavy (non-hydrogen) atoms. The molecule has 1 saturated heterocycles. The van der Waals surface area contributed by atoms with Gasteiger partial charge in [0.05, 0.1) is 6.20 Å². The second-order valence-electron chi connectivity index (χ2n) is 6.67. The summed E-state index contributed by atoms with van der Waals surface area (Å²) in [6.07, 6.45) is 5.62. The van der Waals surface area contributed by atoms with Crippen LogP contribution in [0.3, 0.4) is 0 Å². The summed E-state index contributed by atoms with van der Waals surface area (Å²) < 4.78 is 0. The van der Waals surface area contributed by atoms with Crippen LogP contribution in [0, 0.1) is 13.8 Å². The number of aromatic amines is 1. The molecule has 1 atom stereocenters. The Hall–Kier alpha value is -1.61. The van der Waals surface area contributed by atoms with Crippen LogP contribution in [-0.4, -0.2) is 28.2 Å². The van der Waals surface area contributed by atoms with E-state index in [1.807, 2.05) is 6.20 Å². The number of aryl methyl sites for hydroxylation is 3. The number of piperidine rings is 1. The fourth-order valence-electron chi connectivity index (χ4n) is 3.66. The molecule has 3 nitrogen and oxygen atoms in total. The average Bonchev–Trinajstić information content (AvgIpc) is 2.99. The van der Waals surface area contributed by atoms with E-state index in [0.29, 0.717) is 5.92 Å². The second-order valence-corrected chi connectivity index (χ2v) is 6.67. The van der Waals surface area contributed by atoms with E-state index in [1.54, 1.807) is 0 Å². The lowest BCUT2D eigenvalue weighted by atomic mass is 9.91. The van der Waals surface area contributed by atoms with Crippen molar-refractivity contribution in [2.45, 2.75) is 52.5 Å². The Balaban J connectivity index is 1.70. The highest BCUT2D eigenvalue weighted by Crippen LogP contribution is 2.29. The smallest absolute Gasteiger partial charge is 0.0522 e. The molecule has 1 aliphatic rings.